The SMILES string of the molecule is CC[C@H]1CN(C(=O)Cc2csc(-c3ccccn3)n2)CCO1. The van der Waals surface area contributed by atoms with Crippen LogP contribution >= 0.6 is 11.3 Å². The van der Waals surface area contributed by atoms with Crippen molar-refractivity contribution in [3.05, 3.63) is 35.5 Å². The van der Waals surface area contributed by atoms with Crippen LogP contribution in [-0.2, 0) is 16.0 Å². The second-order valence-electron chi connectivity index (χ2n) is 5.28. The first-order valence-electron chi connectivity index (χ1n) is 7.51. The van der Waals surface area contributed by atoms with E-state index in [0.29, 0.717) is 26.1 Å². The standard InChI is InChI=1S/C16H19N3O2S/c1-2-13-10-19(7-8-21-13)15(20)9-12-11-22-16(18-12)14-5-3-4-6-17-14/h3-6,11,13H,2,7-10H2,1H3/t13-/m0/s1. The molecule has 1 aliphatic rings. The molecule has 1 amide bonds. The maximum atomic E-state index is 12.4. The third-order valence-electron chi connectivity index (χ3n) is 3.71. The summed E-state index contributed by atoms with van der Waals surface area (Å²) in [6, 6.07) is 5.75. The second kappa shape index (κ2) is 6.98. The van der Waals surface area contributed by atoms with E-state index in [1.807, 2.05) is 28.5 Å². The smallest absolute Gasteiger partial charge is 0.228 e. The molecule has 0 bridgehead atoms. The molecule has 22 heavy (non-hydrogen) atoms. The van der Waals surface area contributed by atoms with E-state index >= 15 is 0 Å². The Morgan fingerprint density at radius 1 is 1.50 bits per heavy atom. The molecule has 3 heterocycles. The Hall–Kier alpha value is -1.79. The molecule has 0 unspecified atom stereocenters. The first-order chi connectivity index (χ1) is 10.8. The molecule has 0 N–H and O–H groups in total. The van der Waals surface area contributed by atoms with Gasteiger partial charge in [-0.25, -0.2) is 4.98 Å². The number of pyridine rings is 1. The van der Waals surface area contributed by atoms with Crippen LogP contribution < -0.4 is 0 Å². The van der Waals surface area contributed by atoms with Crippen LogP contribution in [0.25, 0.3) is 10.7 Å². The molecular formula is C16H19N3O2S. The van der Waals surface area contributed by atoms with Crippen molar-refractivity contribution in [1.82, 2.24) is 14.9 Å². The number of rotatable bonds is 4. The van der Waals surface area contributed by atoms with E-state index in [-0.39, 0.29) is 12.0 Å². The van der Waals surface area contributed by atoms with E-state index in [2.05, 4.69) is 16.9 Å². The summed E-state index contributed by atoms with van der Waals surface area (Å²) in [5.74, 6) is 0.125. The van der Waals surface area contributed by atoms with Gasteiger partial charge in [0.1, 0.15) is 5.01 Å². The molecule has 1 fully saturated rings. The lowest BCUT2D eigenvalue weighted by atomic mass is 10.2. The maximum Gasteiger partial charge on any atom is 0.228 e. The molecule has 3 rings (SSSR count). The molecule has 0 radical (unpaired) electrons. The summed E-state index contributed by atoms with van der Waals surface area (Å²) < 4.78 is 5.60. The van der Waals surface area contributed by atoms with Gasteiger partial charge in [0.25, 0.3) is 0 Å². The van der Waals surface area contributed by atoms with Crippen LogP contribution in [0.4, 0.5) is 0 Å². The Kier molecular flexibility index (Phi) is 4.80. The third kappa shape index (κ3) is 3.51. The van der Waals surface area contributed by atoms with Crippen LogP contribution in [0, 0.1) is 0 Å². The van der Waals surface area contributed by atoms with Crippen molar-refractivity contribution in [2.75, 3.05) is 19.7 Å². The van der Waals surface area contributed by atoms with Crippen molar-refractivity contribution in [3.8, 4) is 10.7 Å². The van der Waals surface area contributed by atoms with Crippen molar-refractivity contribution in [3.63, 3.8) is 0 Å². The largest absolute Gasteiger partial charge is 0.375 e. The summed E-state index contributed by atoms with van der Waals surface area (Å²) in [5.41, 5.74) is 1.67. The molecule has 0 aliphatic carbocycles. The van der Waals surface area contributed by atoms with E-state index in [1.54, 1.807) is 6.20 Å². The fourth-order valence-corrected chi connectivity index (χ4v) is 3.25. The zero-order valence-electron chi connectivity index (χ0n) is 12.6. The lowest BCUT2D eigenvalue weighted by Crippen LogP contribution is -2.46. The number of nitrogens with zero attached hydrogens (tertiary/aromatic N) is 3. The average molecular weight is 317 g/mol. The van der Waals surface area contributed by atoms with Gasteiger partial charge in [-0.2, -0.15) is 0 Å². The highest BCUT2D eigenvalue weighted by Gasteiger charge is 2.23. The minimum absolute atomic E-state index is 0.125. The van der Waals surface area contributed by atoms with Crippen molar-refractivity contribution < 1.29 is 9.53 Å². The fourth-order valence-electron chi connectivity index (χ4n) is 2.45. The molecule has 0 saturated carbocycles. The number of thiazole rings is 1. The van der Waals surface area contributed by atoms with Gasteiger partial charge in [0, 0.05) is 24.7 Å². The van der Waals surface area contributed by atoms with E-state index in [0.717, 1.165) is 22.8 Å². The lowest BCUT2D eigenvalue weighted by molar-refractivity contribution is -0.138. The number of carbonyl (C=O) groups is 1. The summed E-state index contributed by atoms with van der Waals surface area (Å²) in [4.78, 5) is 23.1. The molecular weight excluding hydrogens is 298 g/mol. The molecule has 0 aromatic carbocycles. The topological polar surface area (TPSA) is 55.3 Å². The van der Waals surface area contributed by atoms with Crippen LogP contribution in [0.2, 0.25) is 0 Å². The van der Waals surface area contributed by atoms with Crippen LogP contribution in [-0.4, -0.2) is 46.6 Å². The Balaban J connectivity index is 1.64. The molecule has 5 nitrogen and oxygen atoms in total. The zero-order valence-corrected chi connectivity index (χ0v) is 13.4. The molecule has 2 aromatic heterocycles. The van der Waals surface area contributed by atoms with Crippen molar-refractivity contribution in [2.24, 2.45) is 0 Å². The highest BCUT2D eigenvalue weighted by Crippen LogP contribution is 2.22. The Labute approximate surface area is 134 Å². The van der Waals surface area contributed by atoms with Gasteiger partial charge < -0.3 is 9.64 Å². The van der Waals surface area contributed by atoms with Crippen LogP contribution in [0.5, 0.6) is 0 Å². The molecule has 1 aliphatic heterocycles. The summed E-state index contributed by atoms with van der Waals surface area (Å²) >= 11 is 1.53. The number of aromatic nitrogens is 2. The van der Waals surface area contributed by atoms with Gasteiger partial charge in [-0.3, -0.25) is 9.78 Å². The summed E-state index contributed by atoms with van der Waals surface area (Å²) in [7, 11) is 0. The van der Waals surface area contributed by atoms with Crippen LogP contribution in [0.15, 0.2) is 29.8 Å². The van der Waals surface area contributed by atoms with Crippen molar-refractivity contribution in [1.29, 1.82) is 0 Å². The molecule has 1 saturated heterocycles. The quantitative estimate of drug-likeness (QED) is 0.869. The second-order valence-corrected chi connectivity index (χ2v) is 6.13. The monoisotopic (exact) mass is 317 g/mol. The maximum absolute atomic E-state index is 12.4. The summed E-state index contributed by atoms with van der Waals surface area (Å²) in [5, 5.41) is 2.80. The third-order valence-corrected chi connectivity index (χ3v) is 4.63. The average Bonchev–Trinajstić information content (AvgIpc) is 3.04. The molecule has 0 spiro atoms. The van der Waals surface area contributed by atoms with Gasteiger partial charge in [-0.1, -0.05) is 13.0 Å². The number of ether oxygens (including phenoxy) is 1. The number of hydrogen-bond acceptors (Lipinski definition) is 5. The molecule has 6 heteroatoms. The van der Waals surface area contributed by atoms with Crippen molar-refractivity contribution in [2.45, 2.75) is 25.9 Å². The number of amides is 1. The highest BCUT2D eigenvalue weighted by atomic mass is 32.1. The predicted molar refractivity (Wildman–Crippen MR) is 85.7 cm³/mol. The highest BCUT2D eigenvalue weighted by molar-refractivity contribution is 7.13. The van der Waals surface area contributed by atoms with Gasteiger partial charge in [-0.05, 0) is 18.6 Å². The van der Waals surface area contributed by atoms with Crippen molar-refractivity contribution >= 4 is 17.2 Å². The Bertz CT molecular complexity index is 629. The first-order valence-corrected chi connectivity index (χ1v) is 8.39. The van der Waals surface area contributed by atoms with Crippen LogP contribution in [0.1, 0.15) is 19.0 Å². The summed E-state index contributed by atoms with van der Waals surface area (Å²) in [6.45, 7) is 4.07. The van der Waals surface area contributed by atoms with E-state index in [9.17, 15) is 4.79 Å². The lowest BCUT2D eigenvalue weighted by Gasteiger charge is -2.32. The Morgan fingerprint density at radius 3 is 3.18 bits per heavy atom. The van der Waals surface area contributed by atoms with Gasteiger partial charge in [0.2, 0.25) is 5.91 Å². The zero-order chi connectivity index (χ0) is 15.4. The van der Waals surface area contributed by atoms with Gasteiger partial charge in [0.15, 0.2) is 0 Å². The minimum atomic E-state index is 0.125. The van der Waals surface area contributed by atoms with Gasteiger partial charge in [0.05, 0.1) is 30.5 Å². The normalized spacial score (nSPS) is 18.4. The minimum Gasteiger partial charge on any atom is -0.375 e. The predicted octanol–water partition coefficient (Wildman–Crippen LogP) is 2.39. The van der Waals surface area contributed by atoms with E-state index in [4.69, 9.17) is 4.74 Å². The first kappa shape index (κ1) is 15.1. The number of morpholine rings is 1. The molecule has 116 valence electrons. The van der Waals surface area contributed by atoms with Gasteiger partial charge >= 0.3 is 0 Å². The Morgan fingerprint density at radius 2 is 2.41 bits per heavy atom. The molecule has 2 aromatic rings. The van der Waals surface area contributed by atoms with Gasteiger partial charge in [-0.15, -0.1) is 11.3 Å². The molecule has 1 atom stereocenters. The van der Waals surface area contributed by atoms with Crippen LogP contribution in [0.3, 0.4) is 0 Å². The number of hydrogen-bond donors (Lipinski definition) is 0. The fraction of sp³-hybridized carbons (Fsp3) is 0.438. The number of carbonyl (C=O) groups excluding carboxylic acids is 1. The van der Waals surface area contributed by atoms with E-state index in [1.165, 1.54) is 11.3 Å². The van der Waals surface area contributed by atoms with E-state index < -0.39 is 0 Å². The summed E-state index contributed by atoms with van der Waals surface area (Å²) in [6.07, 6.45) is 3.20.